The summed E-state index contributed by atoms with van der Waals surface area (Å²) >= 11 is 6.61. The van der Waals surface area contributed by atoms with Crippen LogP contribution in [0.4, 0.5) is 5.82 Å². The van der Waals surface area contributed by atoms with E-state index in [1.54, 1.807) is 11.3 Å². The molecule has 0 saturated carbocycles. The van der Waals surface area contributed by atoms with E-state index < -0.39 is 0 Å². The van der Waals surface area contributed by atoms with E-state index in [0.717, 1.165) is 35.7 Å². The lowest BCUT2D eigenvalue weighted by atomic mass is 10.2. The van der Waals surface area contributed by atoms with Gasteiger partial charge in [-0.05, 0) is 19.1 Å². The number of pyridine rings is 1. The minimum atomic E-state index is 0.360. The van der Waals surface area contributed by atoms with Crippen LogP contribution >= 0.6 is 23.6 Å². The molecule has 6 heteroatoms. The molecule has 0 amide bonds. The standard InChI is InChI=1S/C12H14N4S2/c1-8-2-3-10(11(13)17)12(16-8)14-5-4-9-6-18-7-15-9/h2-3,6-7H,4-5H2,1H3,(H2,13,17)(H,14,16). The van der Waals surface area contributed by atoms with Crippen molar-refractivity contribution in [3.63, 3.8) is 0 Å². The molecule has 94 valence electrons. The average Bonchev–Trinajstić information content (AvgIpc) is 2.82. The number of nitrogens with two attached hydrogens (primary N) is 1. The third-order valence-corrected chi connectivity index (χ3v) is 3.31. The first kappa shape index (κ1) is 12.9. The van der Waals surface area contributed by atoms with Gasteiger partial charge in [0.2, 0.25) is 0 Å². The third kappa shape index (κ3) is 3.24. The van der Waals surface area contributed by atoms with Crippen molar-refractivity contribution in [1.82, 2.24) is 9.97 Å². The van der Waals surface area contributed by atoms with E-state index in [0.29, 0.717) is 4.99 Å². The summed E-state index contributed by atoms with van der Waals surface area (Å²) in [5.41, 5.74) is 10.3. The van der Waals surface area contributed by atoms with Gasteiger partial charge in [0, 0.05) is 24.0 Å². The van der Waals surface area contributed by atoms with Crippen molar-refractivity contribution in [1.29, 1.82) is 0 Å². The number of anilines is 1. The van der Waals surface area contributed by atoms with Crippen LogP contribution in [0.15, 0.2) is 23.0 Å². The van der Waals surface area contributed by atoms with E-state index >= 15 is 0 Å². The highest BCUT2D eigenvalue weighted by Gasteiger charge is 2.06. The topological polar surface area (TPSA) is 63.8 Å². The summed E-state index contributed by atoms with van der Waals surface area (Å²) in [6.45, 7) is 2.70. The van der Waals surface area contributed by atoms with E-state index in [-0.39, 0.29) is 0 Å². The number of aromatic nitrogens is 2. The Labute approximate surface area is 115 Å². The smallest absolute Gasteiger partial charge is 0.136 e. The molecule has 4 nitrogen and oxygen atoms in total. The van der Waals surface area contributed by atoms with E-state index in [2.05, 4.69) is 15.3 Å². The molecule has 2 heterocycles. The molecule has 2 rings (SSSR count). The van der Waals surface area contributed by atoms with Crippen molar-refractivity contribution < 1.29 is 0 Å². The minimum absolute atomic E-state index is 0.360. The quantitative estimate of drug-likeness (QED) is 0.820. The normalized spacial score (nSPS) is 10.3. The fraction of sp³-hybridized carbons (Fsp3) is 0.250. The van der Waals surface area contributed by atoms with Crippen molar-refractivity contribution in [3.8, 4) is 0 Å². The van der Waals surface area contributed by atoms with E-state index in [9.17, 15) is 0 Å². The molecule has 3 N–H and O–H groups in total. The van der Waals surface area contributed by atoms with Gasteiger partial charge in [-0.1, -0.05) is 12.2 Å². The Morgan fingerprint density at radius 2 is 2.33 bits per heavy atom. The van der Waals surface area contributed by atoms with Gasteiger partial charge in [0.05, 0.1) is 16.8 Å². The summed E-state index contributed by atoms with van der Waals surface area (Å²) in [6, 6.07) is 3.80. The second kappa shape index (κ2) is 5.88. The zero-order chi connectivity index (χ0) is 13.0. The van der Waals surface area contributed by atoms with Crippen LogP contribution in [0.2, 0.25) is 0 Å². The van der Waals surface area contributed by atoms with Crippen LogP contribution in [0.1, 0.15) is 17.0 Å². The maximum Gasteiger partial charge on any atom is 0.136 e. The Morgan fingerprint density at radius 3 is 3.00 bits per heavy atom. The summed E-state index contributed by atoms with van der Waals surface area (Å²) in [5.74, 6) is 0.748. The molecule has 0 unspecified atom stereocenters. The maximum atomic E-state index is 5.67. The van der Waals surface area contributed by atoms with Crippen LogP contribution in [0, 0.1) is 6.92 Å². The van der Waals surface area contributed by atoms with Gasteiger partial charge in [-0.2, -0.15) is 0 Å². The molecular formula is C12H14N4S2. The SMILES string of the molecule is Cc1ccc(C(N)=S)c(NCCc2cscn2)n1. The van der Waals surface area contributed by atoms with Crippen LogP contribution in [0.25, 0.3) is 0 Å². The van der Waals surface area contributed by atoms with Crippen LogP contribution in [-0.2, 0) is 6.42 Å². The molecule has 18 heavy (non-hydrogen) atoms. The second-order valence-electron chi connectivity index (χ2n) is 3.87. The van der Waals surface area contributed by atoms with Crippen molar-refractivity contribution in [2.75, 3.05) is 11.9 Å². The number of hydrogen-bond donors (Lipinski definition) is 2. The van der Waals surface area contributed by atoms with Crippen molar-refractivity contribution in [2.45, 2.75) is 13.3 Å². The molecule has 0 saturated heterocycles. The Bertz CT molecular complexity index is 537. The summed E-state index contributed by atoms with van der Waals surface area (Å²) in [6.07, 6.45) is 0.857. The molecule has 0 aliphatic carbocycles. The van der Waals surface area contributed by atoms with Gasteiger partial charge < -0.3 is 11.1 Å². The zero-order valence-electron chi connectivity index (χ0n) is 10.0. The number of nitrogens with one attached hydrogen (secondary N) is 1. The fourth-order valence-corrected chi connectivity index (χ4v) is 2.32. The number of thiocarbonyl (C=S) groups is 1. The molecule has 0 bridgehead atoms. The summed E-state index contributed by atoms with van der Waals surface area (Å²) in [5, 5.41) is 5.30. The second-order valence-corrected chi connectivity index (χ2v) is 5.03. The van der Waals surface area contributed by atoms with E-state index in [1.165, 1.54) is 0 Å². The monoisotopic (exact) mass is 278 g/mol. The van der Waals surface area contributed by atoms with Crippen LogP contribution in [0.5, 0.6) is 0 Å². The molecule has 0 aliphatic rings. The van der Waals surface area contributed by atoms with Gasteiger partial charge in [0.1, 0.15) is 10.8 Å². The Morgan fingerprint density at radius 1 is 1.50 bits per heavy atom. The van der Waals surface area contributed by atoms with Crippen molar-refractivity contribution >= 4 is 34.4 Å². The average molecular weight is 278 g/mol. The molecule has 0 spiro atoms. The van der Waals surface area contributed by atoms with Gasteiger partial charge in [-0.3, -0.25) is 0 Å². The van der Waals surface area contributed by atoms with Crippen LogP contribution in [-0.4, -0.2) is 21.5 Å². The number of rotatable bonds is 5. The Kier molecular flexibility index (Phi) is 4.22. The van der Waals surface area contributed by atoms with Gasteiger partial charge in [-0.15, -0.1) is 11.3 Å². The molecule has 2 aromatic heterocycles. The van der Waals surface area contributed by atoms with Gasteiger partial charge in [0.15, 0.2) is 0 Å². The number of thiazole rings is 1. The zero-order valence-corrected chi connectivity index (χ0v) is 11.6. The Balaban J connectivity index is 2.03. The molecule has 0 aliphatic heterocycles. The lowest BCUT2D eigenvalue weighted by Crippen LogP contribution is -2.16. The maximum absolute atomic E-state index is 5.67. The molecule has 2 aromatic rings. The first-order valence-electron chi connectivity index (χ1n) is 5.55. The fourth-order valence-electron chi connectivity index (χ4n) is 1.56. The van der Waals surface area contributed by atoms with E-state index in [1.807, 2.05) is 29.9 Å². The number of hydrogen-bond acceptors (Lipinski definition) is 5. The van der Waals surface area contributed by atoms with Gasteiger partial charge >= 0.3 is 0 Å². The summed E-state index contributed by atoms with van der Waals surface area (Å²) in [4.78, 5) is 9.01. The van der Waals surface area contributed by atoms with Gasteiger partial charge in [0.25, 0.3) is 0 Å². The first-order valence-corrected chi connectivity index (χ1v) is 6.90. The summed E-state index contributed by atoms with van der Waals surface area (Å²) < 4.78 is 0. The lowest BCUT2D eigenvalue weighted by molar-refractivity contribution is 0.964. The van der Waals surface area contributed by atoms with Crippen molar-refractivity contribution in [2.24, 2.45) is 5.73 Å². The van der Waals surface area contributed by atoms with Crippen LogP contribution < -0.4 is 11.1 Å². The highest BCUT2D eigenvalue weighted by Crippen LogP contribution is 2.13. The molecule has 0 atom stereocenters. The van der Waals surface area contributed by atoms with Crippen LogP contribution in [0.3, 0.4) is 0 Å². The largest absolute Gasteiger partial charge is 0.389 e. The molecule has 0 radical (unpaired) electrons. The number of nitrogens with zero attached hydrogens (tertiary/aromatic N) is 2. The highest BCUT2D eigenvalue weighted by molar-refractivity contribution is 7.80. The third-order valence-electron chi connectivity index (χ3n) is 2.46. The highest BCUT2D eigenvalue weighted by atomic mass is 32.1. The predicted molar refractivity (Wildman–Crippen MR) is 79.2 cm³/mol. The molecular weight excluding hydrogens is 264 g/mol. The predicted octanol–water partition coefficient (Wildman–Crippen LogP) is 2.14. The Hall–Kier alpha value is -1.53. The van der Waals surface area contributed by atoms with Gasteiger partial charge in [-0.25, -0.2) is 9.97 Å². The minimum Gasteiger partial charge on any atom is -0.389 e. The first-order chi connectivity index (χ1) is 8.66. The van der Waals surface area contributed by atoms with E-state index in [4.69, 9.17) is 18.0 Å². The van der Waals surface area contributed by atoms with Crippen molar-refractivity contribution in [3.05, 3.63) is 40.0 Å². The molecule has 0 fully saturated rings. The summed E-state index contributed by atoms with van der Waals surface area (Å²) in [7, 11) is 0. The molecule has 0 aromatic carbocycles. The lowest BCUT2D eigenvalue weighted by Gasteiger charge is -2.10. The number of aryl methyl sites for hydroxylation is 1.